The minimum absolute atomic E-state index is 0.0116. The number of nitrogens with two attached hydrogens (primary N) is 1. The van der Waals surface area contributed by atoms with E-state index in [-0.39, 0.29) is 17.2 Å². The highest BCUT2D eigenvalue weighted by Crippen LogP contribution is 2.25. The Labute approximate surface area is 109 Å². The Kier molecular flexibility index (Phi) is 4.71. The number of halogens is 1. The molecule has 0 aromatic carbocycles. The summed E-state index contributed by atoms with van der Waals surface area (Å²) < 4.78 is 1.02. The van der Waals surface area contributed by atoms with E-state index in [1.54, 1.807) is 11.3 Å². The first-order chi connectivity index (χ1) is 7.30. The molecule has 0 aliphatic heterocycles. The summed E-state index contributed by atoms with van der Waals surface area (Å²) in [5, 5.41) is 1.98. The zero-order chi connectivity index (χ0) is 12.3. The average molecular weight is 304 g/mol. The SMILES string of the molecule is CC(C)(C)C(N)CC(=O)Cc1sccc1Br. The van der Waals surface area contributed by atoms with Crippen molar-refractivity contribution in [3.05, 3.63) is 20.8 Å². The van der Waals surface area contributed by atoms with Gasteiger partial charge in [-0.25, -0.2) is 0 Å². The first-order valence-corrected chi connectivity index (χ1v) is 6.97. The minimum atomic E-state index is -0.0706. The van der Waals surface area contributed by atoms with Gasteiger partial charge in [0.15, 0.2) is 0 Å². The van der Waals surface area contributed by atoms with Crippen molar-refractivity contribution in [3.63, 3.8) is 0 Å². The Morgan fingerprint density at radius 1 is 1.56 bits per heavy atom. The lowest BCUT2D eigenvalue weighted by Gasteiger charge is -2.26. The van der Waals surface area contributed by atoms with Gasteiger partial charge in [-0.1, -0.05) is 20.8 Å². The molecule has 1 aromatic rings. The molecular weight excluding hydrogens is 286 g/mol. The fraction of sp³-hybridized carbons (Fsp3) is 0.583. The van der Waals surface area contributed by atoms with Crippen LogP contribution in [0.15, 0.2) is 15.9 Å². The summed E-state index contributed by atoms with van der Waals surface area (Å²) in [7, 11) is 0. The minimum Gasteiger partial charge on any atom is -0.327 e. The number of thiophene rings is 1. The zero-order valence-corrected chi connectivity index (χ0v) is 12.3. The first kappa shape index (κ1) is 13.9. The van der Waals surface area contributed by atoms with Crippen molar-refractivity contribution in [3.8, 4) is 0 Å². The summed E-state index contributed by atoms with van der Waals surface area (Å²) >= 11 is 5.03. The van der Waals surface area contributed by atoms with Crippen LogP contribution in [0.3, 0.4) is 0 Å². The molecule has 0 aliphatic carbocycles. The summed E-state index contributed by atoms with van der Waals surface area (Å²) in [6.07, 6.45) is 0.940. The van der Waals surface area contributed by atoms with Crippen LogP contribution in [0.5, 0.6) is 0 Å². The van der Waals surface area contributed by atoms with Crippen molar-refractivity contribution in [2.45, 2.75) is 39.7 Å². The molecule has 1 heterocycles. The van der Waals surface area contributed by atoms with Gasteiger partial charge in [-0.2, -0.15) is 0 Å². The molecule has 1 unspecified atom stereocenters. The smallest absolute Gasteiger partial charge is 0.139 e. The van der Waals surface area contributed by atoms with Crippen LogP contribution in [0.4, 0.5) is 0 Å². The van der Waals surface area contributed by atoms with Gasteiger partial charge in [-0.05, 0) is 32.8 Å². The molecule has 0 fully saturated rings. The predicted molar refractivity (Wildman–Crippen MR) is 72.8 cm³/mol. The molecule has 2 nitrogen and oxygen atoms in total. The Balaban J connectivity index is 2.52. The van der Waals surface area contributed by atoms with Crippen molar-refractivity contribution < 1.29 is 4.79 Å². The Morgan fingerprint density at radius 2 is 2.19 bits per heavy atom. The highest BCUT2D eigenvalue weighted by Gasteiger charge is 2.23. The number of hydrogen-bond donors (Lipinski definition) is 1. The van der Waals surface area contributed by atoms with E-state index in [9.17, 15) is 4.79 Å². The monoisotopic (exact) mass is 303 g/mol. The molecule has 1 rings (SSSR count). The summed E-state index contributed by atoms with van der Waals surface area (Å²) in [5.74, 6) is 0.213. The second kappa shape index (κ2) is 5.43. The largest absolute Gasteiger partial charge is 0.327 e. The Hall–Kier alpha value is -0.190. The van der Waals surface area contributed by atoms with E-state index in [0.29, 0.717) is 12.8 Å². The quantitative estimate of drug-likeness (QED) is 0.926. The maximum Gasteiger partial charge on any atom is 0.139 e. The molecule has 0 bridgehead atoms. The lowest BCUT2D eigenvalue weighted by molar-refractivity contribution is -0.119. The normalized spacial score (nSPS) is 13.8. The fourth-order valence-electron chi connectivity index (χ4n) is 1.25. The van der Waals surface area contributed by atoms with Crippen LogP contribution < -0.4 is 5.73 Å². The van der Waals surface area contributed by atoms with Gasteiger partial charge in [0, 0.05) is 28.2 Å². The number of rotatable bonds is 4. The summed E-state index contributed by atoms with van der Waals surface area (Å²) in [6.45, 7) is 6.18. The van der Waals surface area contributed by atoms with Crippen LogP contribution in [0.25, 0.3) is 0 Å². The third-order valence-corrected chi connectivity index (χ3v) is 4.54. The summed E-state index contributed by atoms with van der Waals surface area (Å²) in [5.41, 5.74) is 5.98. The number of hydrogen-bond acceptors (Lipinski definition) is 3. The Morgan fingerprint density at radius 3 is 2.62 bits per heavy atom. The molecule has 2 N–H and O–H groups in total. The second-order valence-electron chi connectivity index (χ2n) is 5.08. The molecule has 0 radical (unpaired) electrons. The molecular formula is C12H18BrNOS. The van der Waals surface area contributed by atoms with Gasteiger partial charge < -0.3 is 5.73 Å². The zero-order valence-electron chi connectivity index (χ0n) is 9.92. The van der Waals surface area contributed by atoms with Crippen molar-refractivity contribution in [2.75, 3.05) is 0 Å². The van der Waals surface area contributed by atoms with Gasteiger partial charge >= 0.3 is 0 Å². The maximum atomic E-state index is 11.8. The molecule has 0 spiro atoms. The highest BCUT2D eigenvalue weighted by atomic mass is 79.9. The predicted octanol–water partition coefficient (Wildman–Crippen LogP) is 3.39. The van der Waals surface area contributed by atoms with E-state index in [2.05, 4.69) is 36.7 Å². The van der Waals surface area contributed by atoms with E-state index < -0.39 is 0 Å². The average Bonchev–Trinajstić information content (AvgIpc) is 2.50. The topological polar surface area (TPSA) is 43.1 Å². The van der Waals surface area contributed by atoms with Gasteiger partial charge in [0.2, 0.25) is 0 Å². The van der Waals surface area contributed by atoms with Crippen molar-refractivity contribution in [1.29, 1.82) is 0 Å². The summed E-state index contributed by atoms with van der Waals surface area (Å²) in [6, 6.07) is 1.90. The van der Waals surface area contributed by atoms with Crippen molar-refractivity contribution in [2.24, 2.45) is 11.1 Å². The first-order valence-electron chi connectivity index (χ1n) is 5.30. The third-order valence-electron chi connectivity index (χ3n) is 2.61. The van der Waals surface area contributed by atoms with Gasteiger partial charge in [0.1, 0.15) is 5.78 Å². The van der Waals surface area contributed by atoms with Crippen LogP contribution in [0.2, 0.25) is 0 Å². The molecule has 16 heavy (non-hydrogen) atoms. The fourth-order valence-corrected chi connectivity index (χ4v) is 2.77. The molecule has 0 saturated carbocycles. The van der Waals surface area contributed by atoms with Gasteiger partial charge in [-0.3, -0.25) is 4.79 Å². The molecule has 0 aliphatic rings. The van der Waals surface area contributed by atoms with Gasteiger partial charge in [0.25, 0.3) is 0 Å². The second-order valence-corrected chi connectivity index (χ2v) is 6.94. The maximum absolute atomic E-state index is 11.8. The number of carbonyl (C=O) groups is 1. The third kappa shape index (κ3) is 4.00. The van der Waals surface area contributed by atoms with Crippen LogP contribution >= 0.6 is 27.3 Å². The molecule has 0 amide bonds. The van der Waals surface area contributed by atoms with Gasteiger partial charge in [0.05, 0.1) is 0 Å². The summed E-state index contributed by atoms with van der Waals surface area (Å²) in [4.78, 5) is 12.9. The van der Waals surface area contributed by atoms with E-state index in [1.165, 1.54) is 0 Å². The van der Waals surface area contributed by atoms with Crippen LogP contribution in [0.1, 0.15) is 32.1 Å². The van der Waals surface area contributed by atoms with E-state index in [4.69, 9.17) is 5.73 Å². The van der Waals surface area contributed by atoms with Gasteiger partial charge in [-0.15, -0.1) is 11.3 Å². The van der Waals surface area contributed by atoms with Crippen molar-refractivity contribution >= 4 is 33.0 Å². The number of Topliss-reactive ketones (excluding diaryl/α,β-unsaturated/α-hetero) is 1. The highest BCUT2D eigenvalue weighted by molar-refractivity contribution is 9.10. The molecule has 90 valence electrons. The number of ketones is 1. The molecule has 1 aromatic heterocycles. The van der Waals surface area contributed by atoms with E-state index >= 15 is 0 Å². The van der Waals surface area contributed by atoms with E-state index in [1.807, 2.05) is 11.4 Å². The molecule has 1 atom stereocenters. The molecule has 4 heteroatoms. The van der Waals surface area contributed by atoms with Crippen LogP contribution in [0, 0.1) is 5.41 Å². The Bertz CT molecular complexity index is 367. The van der Waals surface area contributed by atoms with Crippen LogP contribution in [-0.4, -0.2) is 11.8 Å². The molecule has 0 saturated heterocycles. The van der Waals surface area contributed by atoms with Crippen LogP contribution in [-0.2, 0) is 11.2 Å². The van der Waals surface area contributed by atoms with Crippen molar-refractivity contribution in [1.82, 2.24) is 0 Å². The van der Waals surface area contributed by atoms with E-state index in [0.717, 1.165) is 9.35 Å². The standard InChI is InChI=1S/C12H18BrNOS/c1-12(2,3)11(14)7-8(15)6-10-9(13)4-5-16-10/h4-5,11H,6-7,14H2,1-3H3. The lowest BCUT2D eigenvalue weighted by atomic mass is 9.84. The number of carbonyl (C=O) groups excluding carboxylic acids is 1. The lowest BCUT2D eigenvalue weighted by Crippen LogP contribution is -2.37.